The maximum absolute atomic E-state index is 12.7. The Balaban J connectivity index is 0.00000140. The number of para-hydroxylation sites is 1. The van der Waals surface area contributed by atoms with E-state index in [1.165, 1.54) is 8.86 Å². The normalized spacial score (nSPS) is 13.4. The second kappa shape index (κ2) is 9.15. The van der Waals surface area contributed by atoms with Crippen molar-refractivity contribution in [3.63, 3.8) is 0 Å². The Labute approximate surface area is 179 Å². The number of aromatic nitrogens is 1. The molecule has 1 aliphatic carbocycles. The Morgan fingerprint density at radius 3 is 2.32 bits per heavy atom. The van der Waals surface area contributed by atoms with Gasteiger partial charge in [0, 0.05) is 0 Å². The molecule has 0 saturated heterocycles. The molecule has 0 bridgehead atoms. The molecule has 0 atom stereocenters. The van der Waals surface area contributed by atoms with Gasteiger partial charge in [-0.2, -0.15) is 0 Å². The summed E-state index contributed by atoms with van der Waals surface area (Å²) in [7, 11) is 0. The minimum atomic E-state index is -4.30. The summed E-state index contributed by atoms with van der Waals surface area (Å²) in [6, 6.07) is 15.5. The third-order valence-corrected chi connectivity index (χ3v) is 5.93. The van der Waals surface area contributed by atoms with E-state index >= 15 is 0 Å². The Kier molecular flexibility index (Phi) is 7.36. The zero-order valence-corrected chi connectivity index (χ0v) is 17.3. The van der Waals surface area contributed by atoms with Crippen LogP contribution in [0.25, 0.3) is 16.5 Å². The molecule has 0 N–H and O–H groups in total. The van der Waals surface area contributed by atoms with Crippen LogP contribution in [0.15, 0.2) is 77.4 Å². The van der Waals surface area contributed by atoms with Crippen molar-refractivity contribution < 1.29 is 28.4 Å². The van der Waals surface area contributed by atoms with Gasteiger partial charge in [0.25, 0.3) is 0 Å². The van der Waals surface area contributed by atoms with E-state index in [1.807, 2.05) is 12.1 Å². The van der Waals surface area contributed by atoms with Gasteiger partial charge in [-0.1, -0.05) is 0 Å². The van der Waals surface area contributed by atoms with Crippen LogP contribution in [-0.2, 0) is 21.4 Å². The average molecular weight is 462 g/mol. The van der Waals surface area contributed by atoms with Crippen LogP contribution in [0.3, 0.4) is 0 Å². The third kappa shape index (κ3) is 4.79. The van der Waals surface area contributed by atoms with Crippen molar-refractivity contribution in [1.82, 2.24) is 4.98 Å². The summed E-state index contributed by atoms with van der Waals surface area (Å²) in [4.78, 5) is 4.50. The van der Waals surface area contributed by atoms with E-state index in [0.29, 0.717) is 0 Å². The number of pyridine rings is 1. The van der Waals surface area contributed by atoms with Crippen LogP contribution in [0.4, 0.5) is 13.2 Å². The van der Waals surface area contributed by atoms with Crippen LogP contribution in [0.1, 0.15) is 17.5 Å². The number of rotatable bonds is 3. The number of hydrogen-bond donors (Lipinski definition) is 0. The molecular formula is C21H16Cl2CrF3N. The quantitative estimate of drug-likeness (QED) is 0.454. The average Bonchev–Trinajstić information content (AvgIpc) is 3.10. The van der Waals surface area contributed by atoms with Crippen LogP contribution in [0.5, 0.6) is 0 Å². The molecule has 28 heavy (non-hydrogen) atoms. The fourth-order valence-corrected chi connectivity index (χ4v) is 4.56. The van der Waals surface area contributed by atoms with Crippen molar-refractivity contribution in [2.45, 2.75) is 12.6 Å². The second-order valence-electron chi connectivity index (χ2n) is 5.98. The van der Waals surface area contributed by atoms with E-state index in [1.54, 1.807) is 18.3 Å². The minimum absolute atomic E-state index is 0. The van der Waals surface area contributed by atoms with Gasteiger partial charge in [-0.25, -0.2) is 0 Å². The van der Waals surface area contributed by atoms with Crippen LogP contribution < -0.4 is 4.43 Å². The molecule has 1 nitrogen and oxygen atoms in total. The van der Waals surface area contributed by atoms with Gasteiger partial charge in [0.2, 0.25) is 0 Å². The van der Waals surface area contributed by atoms with E-state index in [4.69, 9.17) is 0 Å². The molecular weight excluding hydrogens is 446 g/mol. The van der Waals surface area contributed by atoms with Crippen LogP contribution >= 0.6 is 24.8 Å². The van der Waals surface area contributed by atoms with Crippen molar-refractivity contribution in [2.75, 3.05) is 0 Å². The summed E-state index contributed by atoms with van der Waals surface area (Å²) in [6.07, 6.45) is 2.52. The molecule has 2 aromatic carbocycles. The number of alkyl halides is 3. The van der Waals surface area contributed by atoms with Gasteiger partial charge < -0.3 is 0 Å². The summed E-state index contributed by atoms with van der Waals surface area (Å²) in [5.74, 6) is 0. The van der Waals surface area contributed by atoms with Crippen molar-refractivity contribution >= 4 is 45.7 Å². The summed E-state index contributed by atoms with van der Waals surface area (Å²) >= 11 is 0.137. The number of benzene rings is 2. The van der Waals surface area contributed by atoms with Gasteiger partial charge in [0.1, 0.15) is 0 Å². The van der Waals surface area contributed by atoms with Crippen molar-refractivity contribution in [2.24, 2.45) is 0 Å². The molecule has 3 aromatic rings. The zero-order chi connectivity index (χ0) is 18.1. The maximum atomic E-state index is 12.7. The van der Waals surface area contributed by atoms with Crippen LogP contribution in [0.2, 0.25) is 0 Å². The molecule has 146 valence electrons. The number of hydrogen-bond acceptors (Lipinski definition) is 1. The van der Waals surface area contributed by atoms with Crippen molar-refractivity contribution in [1.29, 1.82) is 0 Å². The Morgan fingerprint density at radius 1 is 0.893 bits per heavy atom. The summed E-state index contributed by atoms with van der Waals surface area (Å²) in [6.45, 7) is 0. The van der Waals surface area contributed by atoms with Crippen molar-refractivity contribution in [3.05, 3.63) is 88.5 Å². The molecule has 0 spiro atoms. The van der Waals surface area contributed by atoms with E-state index < -0.39 is 11.7 Å². The molecule has 0 fully saturated rings. The van der Waals surface area contributed by atoms with E-state index in [9.17, 15) is 13.2 Å². The summed E-state index contributed by atoms with van der Waals surface area (Å²) in [5.41, 5.74) is 2.22. The SMILES string of the molecule is Cl.Cl.FC(F)(F)c1ccc(C2=CC[C]([Cr][c]3cccc4cccnc34)=C2)cc1. The van der Waals surface area contributed by atoms with E-state index in [-0.39, 0.29) is 40.0 Å². The molecule has 1 heterocycles. The molecule has 4 rings (SSSR count). The topological polar surface area (TPSA) is 12.9 Å². The first-order chi connectivity index (χ1) is 12.5. The number of allylic oxidation sites excluding steroid dienone is 4. The number of fused-ring (bicyclic) bond motifs is 1. The van der Waals surface area contributed by atoms with E-state index in [0.717, 1.165) is 40.6 Å². The van der Waals surface area contributed by atoms with Gasteiger partial charge in [0.05, 0.1) is 0 Å². The number of halogens is 5. The fourth-order valence-electron chi connectivity index (χ4n) is 2.93. The fraction of sp³-hybridized carbons (Fsp3) is 0.0952. The molecule has 0 unspecified atom stereocenters. The van der Waals surface area contributed by atoms with Gasteiger partial charge in [0.15, 0.2) is 0 Å². The second-order valence-corrected chi connectivity index (χ2v) is 7.81. The van der Waals surface area contributed by atoms with Crippen LogP contribution in [0, 0.1) is 0 Å². The first kappa shape index (κ1) is 22.5. The predicted octanol–water partition coefficient (Wildman–Crippen LogP) is 6.18. The van der Waals surface area contributed by atoms with Gasteiger partial charge in [-0.15, -0.1) is 24.8 Å². The van der Waals surface area contributed by atoms with E-state index in [2.05, 4.69) is 35.3 Å². The van der Waals surface area contributed by atoms with Crippen molar-refractivity contribution in [3.8, 4) is 0 Å². The molecule has 0 aliphatic heterocycles. The molecule has 0 radical (unpaired) electrons. The molecule has 1 aromatic heterocycles. The first-order valence-corrected chi connectivity index (χ1v) is 9.38. The standard InChI is InChI=1S/C12H8F3.C9H6N.2ClH.Cr/c13-12(14,15)11-7-5-10(6-8-11)9-3-1-2-4-9;1-2-6-9-8(4-1)5-3-7-10-9;;;/h3-8H,1H2;1-5,7H;2*1H;. The Hall–Kier alpha value is -1.77. The monoisotopic (exact) mass is 461 g/mol. The molecule has 0 saturated carbocycles. The van der Waals surface area contributed by atoms with Gasteiger partial charge in [-0.05, 0) is 0 Å². The van der Waals surface area contributed by atoms with Gasteiger partial charge in [-0.3, -0.25) is 0 Å². The molecule has 0 amide bonds. The zero-order valence-electron chi connectivity index (χ0n) is 14.4. The molecule has 1 aliphatic rings. The summed E-state index contributed by atoms with van der Waals surface area (Å²) in [5, 5.41) is 1.13. The Bertz CT molecular complexity index is 1020. The summed E-state index contributed by atoms with van der Waals surface area (Å²) < 4.78 is 40.6. The van der Waals surface area contributed by atoms with Crippen LogP contribution in [-0.4, -0.2) is 4.98 Å². The molecule has 7 heteroatoms. The number of nitrogens with zero attached hydrogens (tertiary/aromatic N) is 1. The Morgan fingerprint density at radius 2 is 1.61 bits per heavy atom. The predicted molar refractivity (Wildman–Crippen MR) is 108 cm³/mol. The van der Waals surface area contributed by atoms with Gasteiger partial charge >= 0.3 is 155 Å². The first-order valence-electron chi connectivity index (χ1n) is 8.11. The third-order valence-electron chi connectivity index (χ3n) is 4.22.